The van der Waals surface area contributed by atoms with Crippen molar-refractivity contribution in [2.45, 2.75) is 19.4 Å². The number of amides is 2. The van der Waals surface area contributed by atoms with Crippen molar-refractivity contribution in [3.05, 3.63) is 59.6 Å². The van der Waals surface area contributed by atoms with E-state index in [4.69, 9.17) is 16.0 Å². The number of primary amides is 1. The van der Waals surface area contributed by atoms with Crippen LogP contribution in [0.25, 0.3) is 0 Å². The SMILES string of the molecule is [2H]c1c([2H])c([2H])c2c(c1[2H])[C@@H](OC(C)=O)Cc1ccccc1N2C(N)=O. The Bertz CT molecular complexity index is 933. The Morgan fingerprint density at radius 3 is 2.73 bits per heavy atom. The zero-order valence-corrected chi connectivity index (χ0v) is 11.8. The molecule has 5 nitrogen and oxygen atoms in total. The summed E-state index contributed by atoms with van der Waals surface area (Å²) >= 11 is 0. The molecule has 1 heterocycles. The number of benzene rings is 2. The summed E-state index contributed by atoms with van der Waals surface area (Å²) in [6.45, 7) is 1.22. The van der Waals surface area contributed by atoms with Gasteiger partial charge in [0, 0.05) is 18.9 Å². The summed E-state index contributed by atoms with van der Waals surface area (Å²) in [6, 6.07) is 4.13. The number of nitrogens with two attached hydrogens (primary N) is 1. The van der Waals surface area contributed by atoms with E-state index >= 15 is 0 Å². The number of hydrogen-bond acceptors (Lipinski definition) is 3. The number of para-hydroxylation sites is 2. The van der Waals surface area contributed by atoms with Gasteiger partial charge in [0.2, 0.25) is 0 Å². The van der Waals surface area contributed by atoms with E-state index in [9.17, 15) is 9.59 Å². The average Bonchev–Trinajstić information content (AvgIpc) is 2.71. The van der Waals surface area contributed by atoms with Crippen molar-refractivity contribution in [2.24, 2.45) is 5.73 Å². The van der Waals surface area contributed by atoms with E-state index in [0.717, 1.165) is 4.90 Å². The molecule has 1 aliphatic rings. The van der Waals surface area contributed by atoms with E-state index in [1.54, 1.807) is 24.3 Å². The molecule has 3 rings (SSSR count). The van der Waals surface area contributed by atoms with E-state index < -0.39 is 36.2 Å². The van der Waals surface area contributed by atoms with Gasteiger partial charge in [0.05, 0.1) is 16.9 Å². The summed E-state index contributed by atoms with van der Waals surface area (Å²) < 4.78 is 37.7. The lowest BCUT2D eigenvalue weighted by molar-refractivity contribution is -0.146. The van der Waals surface area contributed by atoms with E-state index in [1.165, 1.54) is 6.92 Å². The van der Waals surface area contributed by atoms with Crippen LogP contribution in [-0.4, -0.2) is 12.0 Å². The molecular weight excluding hydrogens is 280 g/mol. The van der Waals surface area contributed by atoms with Crippen LogP contribution in [0.2, 0.25) is 0 Å². The number of fused-ring (bicyclic) bond motifs is 2. The van der Waals surface area contributed by atoms with Gasteiger partial charge in [0.1, 0.15) is 6.10 Å². The Morgan fingerprint density at radius 1 is 1.27 bits per heavy atom. The van der Waals surface area contributed by atoms with Gasteiger partial charge in [-0.3, -0.25) is 9.69 Å². The normalized spacial score (nSPS) is 18.8. The van der Waals surface area contributed by atoms with Crippen molar-refractivity contribution in [1.29, 1.82) is 0 Å². The van der Waals surface area contributed by atoms with Crippen LogP contribution in [0.1, 0.15) is 29.6 Å². The molecule has 112 valence electrons. The lowest BCUT2D eigenvalue weighted by Gasteiger charge is -2.23. The van der Waals surface area contributed by atoms with Crippen LogP contribution in [0.15, 0.2) is 48.4 Å². The summed E-state index contributed by atoms with van der Waals surface area (Å²) in [7, 11) is 0. The molecule has 0 aliphatic carbocycles. The number of esters is 1. The molecule has 0 bridgehead atoms. The molecule has 2 aromatic carbocycles. The minimum Gasteiger partial charge on any atom is -0.457 e. The summed E-state index contributed by atoms with van der Waals surface area (Å²) in [4.78, 5) is 24.8. The minimum atomic E-state index is -0.978. The fourth-order valence-electron chi connectivity index (χ4n) is 2.58. The van der Waals surface area contributed by atoms with Crippen LogP contribution in [-0.2, 0) is 16.0 Å². The number of urea groups is 1. The Morgan fingerprint density at radius 2 is 2.00 bits per heavy atom. The molecule has 0 unspecified atom stereocenters. The van der Waals surface area contributed by atoms with Crippen LogP contribution < -0.4 is 10.6 Å². The number of hydrogen-bond donors (Lipinski definition) is 1. The number of anilines is 2. The molecule has 0 saturated heterocycles. The Balaban J connectivity index is 2.43. The molecule has 2 N–H and O–H groups in total. The third kappa shape index (κ3) is 2.41. The third-order valence-electron chi connectivity index (χ3n) is 3.41. The predicted octanol–water partition coefficient (Wildman–Crippen LogP) is 3.06. The molecule has 0 radical (unpaired) electrons. The maximum Gasteiger partial charge on any atom is 0.323 e. The van der Waals surface area contributed by atoms with Crippen molar-refractivity contribution in [1.82, 2.24) is 0 Å². The van der Waals surface area contributed by atoms with Crippen LogP contribution in [0.4, 0.5) is 16.2 Å². The minimum absolute atomic E-state index is 0.0289. The van der Waals surface area contributed by atoms with Crippen LogP contribution in [0.3, 0.4) is 0 Å². The molecule has 5 heteroatoms. The number of nitrogens with zero attached hydrogens (tertiary/aromatic N) is 1. The first-order chi connectivity index (χ1) is 12.2. The molecule has 0 spiro atoms. The lowest BCUT2D eigenvalue weighted by atomic mass is 10.0. The highest BCUT2D eigenvalue weighted by Crippen LogP contribution is 2.41. The zero-order chi connectivity index (χ0) is 19.2. The van der Waals surface area contributed by atoms with Gasteiger partial charge in [0.15, 0.2) is 0 Å². The molecule has 1 atom stereocenters. The van der Waals surface area contributed by atoms with E-state index in [2.05, 4.69) is 0 Å². The zero-order valence-electron chi connectivity index (χ0n) is 15.8. The van der Waals surface area contributed by atoms with Gasteiger partial charge in [-0.05, 0) is 17.7 Å². The van der Waals surface area contributed by atoms with Crippen molar-refractivity contribution in [3.8, 4) is 0 Å². The second-order valence-electron chi connectivity index (χ2n) is 4.87. The Labute approximate surface area is 133 Å². The maximum atomic E-state index is 12.2. The fourth-order valence-corrected chi connectivity index (χ4v) is 2.58. The number of carbonyl (C=O) groups excluding carboxylic acids is 2. The standard InChI is InChI=1S/C17H16N2O3/c1-11(20)22-16-10-12-6-2-4-8-14(12)19(17(18)21)15-9-5-3-7-13(15)16/h2-9,16H,10H2,1H3,(H2,18,21)/t16-/m0/s1/i3D,5D,7D,9D. The second-order valence-corrected chi connectivity index (χ2v) is 4.87. The van der Waals surface area contributed by atoms with Gasteiger partial charge in [-0.2, -0.15) is 0 Å². The molecule has 2 aromatic rings. The largest absolute Gasteiger partial charge is 0.457 e. The fraction of sp³-hybridized carbons (Fsp3) is 0.176. The van der Waals surface area contributed by atoms with Gasteiger partial charge in [0.25, 0.3) is 0 Å². The maximum absolute atomic E-state index is 12.2. The first-order valence-corrected chi connectivity index (χ1v) is 6.69. The molecule has 22 heavy (non-hydrogen) atoms. The third-order valence-corrected chi connectivity index (χ3v) is 3.41. The van der Waals surface area contributed by atoms with Crippen LogP contribution in [0.5, 0.6) is 0 Å². The lowest BCUT2D eigenvalue weighted by Crippen LogP contribution is -2.32. The van der Waals surface area contributed by atoms with Crippen molar-refractivity contribution in [3.63, 3.8) is 0 Å². The first kappa shape index (κ1) is 10.00. The predicted molar refractivity (Wildman–Crippen MR) is 82.8 cm³/mol. The van der Waals surface area contributed by atoms with E-state index in [1.807, 2.05) is 0 Å². The van der Waals surface area contributed by atoms with Crippen molar-refractivity contribution >= 4 is 23.4 Å². The Kier molecular flexibility index (Phi) is 2.51. The number of ether oxygens (including phenoxy) is 1. The molecule has 2 amide bonds. The van der Waals surface area contributed by atoms with Crippen LogP contribution >= 0.6 is 0 Å². The van der Waals surface area contributed by atoms with Gasteiger partial charge in [-0.25, -0.2) is 4.79 Å². The molecule has 0 aromatic heterocycles. The summed E-state index contributed by atoms with van der Waals surface area (Å²) in [5.74, 6) is -0.599. The van der Waals surface area contributed by atoms with E-state index in [0.29, 0.717) is 11.3 Å². The van der Waals surface area contributed by atoms with Gasteiger partial charge in [-0.1, -0.05) is 36.3 Å². The highest BCUT2D eigenvalue weighted by Gasteiger charge is 2.30. The summed E-state index contributed by atoms with van der Waals surface area (Å²) in [5, 5.41) is 0. The molecule has 1 aliphatic heterocycles. The van der Waals surface area contributed by atoms with Gasteiger partial charge < -0.3 is 10.5 Å². The monoisotopic (exact) mass is 300 g/mol. The number of rotatable bonds is 1. The molecule has 0 saturated carbocycles. The van der Waals surface area contributed by atoms with E-state index in [-0.39, 0.29) is 23.7 Å². The quantitative estimate of drug-likeness (QED) is 0.823. The molecule has 0 fully saturated rings. The summed E-state index contributed by atoms with van der Waals surface area (Å²) in [5.41, 5.74) is 6.50. The van der Waals surface area contributed by atoms with Crippen molar-refractivity contribution in [2.75, 3.05) is 4.90 Å². The molecular formula is C17H16N2O3. The highest BCUT2D eigenvalue weighted by atomic mass is 16.5. The van der Waals surface area contributed by atoms with Gasteiger partial charge >= 0.3 is 12.0 Å². The van der Waals surface area contributed by atoms with Crippen LogP contribution in [0, 0.1) is 0 Å². The second kappa shape index (κ2) is 5.52. The smallest absolute Gasteiger partial charge is 0.323 e. The first-order valence-electron chi connectivity index (χ1n) is 8.69. The topological polar surface area (TPSA) is 72.6 Å². The van der Waals surface area contributed by atoms with Crippen molar-refractivity contribution < 1.29 is 19.8 Å². The Hall–Kier alpha value is -2.82. The highest BCUT2D eigenvalue weighted by molar-refractivity contribution is 6.00. The average molecular weight is 300 g/mol. The number of carbonyl (C=O) groups is 2. The summed E-state index contributed by atoms with van der Waals surface area (Å²) in [6.07, 6.45) is -0.830. The van der Waals surface area contributed by atoms with Gasteiger partial charge in [-0.15, -0.1) is 0 Å².